The number of halogens is 2. The molecule has 0 saturated carbocycles. The van der Waals surface area contributed by atoms with Gasteiger partial charge < -0.3 is 0 Å². The van der Waals surface area contributed by atoms with Crippen molar-refractivity contribution in [1.29, 1.82) is 0 Å². The van der Waals surface area contributed by atoms with E-state index < -0.39 is 15.9 Å². The number of hydrogen-bond donors (Lipinski definition) is 0. The molecule has 2 rings (SSSR count). The number of ether oxygens (including phenoxy) is 2. The van der Waals surface area contributed by atoms with Crippen LogP contribution in [0.5, 0.6) is 5.75 Å². The van der Waals surface area contributed by atoms with Gasteiger partial charge in [0.2, 0.25) is 0 Å². The van der Waals surface area contributed by atoms with Gasteiger partial charge in [0.15, 0.2) is 0 Å². The number of benzene rings is 1. The summed E-state index contributed by atoms with van der Waals surface area (Å²) >= 11 is -3.12. The first-order valence-electron chi connectivity index (χ1n) is 9.00. The standard InChI is InChI=1S/C19H30Cl2O2Te/c1-4-6-8-19-15(7-5-2)13-17(23-19)14-24(20,21)18-11-9-16(22-3)10-12-18/h9-12,15,17,19H,4-8,13-14H2,1-3H3. The molecule has 138 valence electrons. The van der Waals surface area contributed by atoms with Crippen molar-refractivity contribution in [2.24, 2.45) is 5.92 Å². The van der Waals surface area contributed by atoms with Gasteiger partial charge in [0.25, 0.3) is 0 Å². The van der Waals surface area contributed by atoms with Crippen LogP contribution in [0.1, 0.15) is 52.4 Å². The fraction of sp³-hybridized carbons (Fsp3) is 0.684. The maximum absolute atomic E-state index is 6.85. The molecule has 1 fully saturated rings. The Labute approximate surface area is 158 Å². The van der Waals surface area contributed by atoms with E-state index in [1.54, 1.807) is 7.11 Å². The summed E-state index contributed by atoms with van der Waals surface area (Å²) in [6.45, 7) is 4.50. The van der Waals surface area contributed by atoms with Crippen LogP contribution in [0.15, 0.2) is 24.3 Å². The molecule has 0 N–H and O–H groups in total. The van der Waals surface area contributed by atoms with Crippen molar-refractivity contribution in [1.82, 2.24) is 0 Å². The van der Waals surface area contributed by atoms with Gasteiger partial charge in [-0.3, -0.25) is 0 Å². The zero-order valence-corrected chi connectivity index (χ0v) is 18.8. The molecule has 0 aliphatic carbocycles. The minimum absolute atomic E-state index is 0.224. The SMILES string of the molecule is CCCCC1OC(C[Te](Cl)(Cl)c2ccc(OC)cc2)CC1CCC. The number of unbranched alkanes of at least 4 members (excludes halogenated alkanes) is 1. The van der Waals surface area contributed by atoms with E-state index in [9.17, 15) is 0 Å². The monoisotopic (exact) mass is 490 g/mol. The average molecular weight is 489 g/mol. The van der Waals surface area contributed by atoms with Crippen LogP contribution in [0.3, 0.4) is 0 Å². The molecule has 1 saturated heterocycles. The molecule has 5 heteroatoms. The Bertz CT molecular complexity index is 493. The van der Waals surface area contributed by atoms with Crippen molar-refractivity contribution in [2.45, 2.75) is 69.0 Å². The van der Waals surface area contributed by atoms with Gasteiger partial charge in [-0.1, -0.05) is 0 Å². The maximum atomic E-state index is 6.85. The minimum atomic E-state index is -3.12. The Morgan fingerprint density at radius 3 is 2.42 bits per heavy atom. The Kier molecular flexibility index (Phi) is 8.51. The average Bonchev–Trinajstić information content (AvgIpc) is 2.94. The second kappa shape index (κ2) is 9.88. The molecule has 0 amide bonds. The van der Waals surface area contributed by atoms with Crippen LogP contribution in [-0.2, 0) is 4.74 Å². The molecule has 3 unspecified atom stereocenters. The van der Waals surface area contributed by atoms with Crippen molar-refractivity contribution >= 4 is 37.5 Å². The molecule has 0 bridgehead atoms. The van der Waals surface area contributed by atoms with E-state index in [1.165, 1.54) is 32.1 Å². The molecule has 1 heterocycles. The zero-order valence-electron chi connectivity index (χ0n) is 15.0. The Hall–Kier alpha value is 0.350. The summed E-state index contributed by atoms with van der Waals surface area (Å²) in [5.74, 6) is 1.51. The van der Waals surface area contributed by atoms with E-state index in [-0.39, 0.29) is 6.10 Å². The molecular formula is C19H30Cl2O2Te. The van der Waals surface area contributed by atoms with Crippen molar-refractivity contribution in [3.05, 3.63) is 24.3 Å². The Morgan fingerprint density at radius 2 is 1.83 bits per heavy atom. The molecule has 0 radical (unpaired) electrons. The summed E-state index contributed by atoms with van der Waals surface area (Å²) in [6.07, 6.45) is 7.84. The van der Waals surface area contributed by atoms with Crippen LogP contribution < -0.4 is 8.35 Å². The van der Waals surface area contributed by atoms with Crippen molar-refractivity contribution in [2.75, 3.05) is 7.11 Å². The summed E-state index contributed by atoms with van der Waals surface area (Å²) in [5, 5.41) is 0. The third kappa shape index (κ3) is 5.68. The van der Waals surface area contributed by atoms with Gasteiger partial charge in [-0.05, 0) is 0 Å². The molecule has 1 aliphatic rings. The quantitative estimate of drug-likeness (QED) is 0.422. The van der Waals surface area contributed by atoms with E-state index in [2.05, 4.69) is 13.8 Å². The summed E-state index contributed by atoms with van der Waals surface area (Å²) < 4.78 is 13.5. The molecular weight excluding hydrogens is 459 g/mol. The van der Waals surface area contributed by atoms with Crippen molar-refractivity contribution < 1.29 is 9.47 Å². The first kappa shape index (κ1) is 20.7. The fourth-order valence-electron chi connectivity index (χ4n) is 3.50. The van der Waals surface area contributed by atoms with E-state index in [1.807, 2.05) is 24.3 Å². The number of methoxy groups -OCH3 is 1. The van der Waals surface area contributed by atoms with Crippen molar-refractivity contribution in [3.63, 3.8) is 0 Å². The normalized spacial score (nSPS) is 25.0. The van der Waals surface area contributed by atoms with Gasteiger partial charge in [0.1, 0.15) is 0 Å². The van der Waals surface area contributed by atoms with Crippen LogP contribution in [0.25, 0.3) is 0 Å². The van der Waals surface area contributed by atoms with E-state index in [4.69, 9.17) is 27.4 Å². The Morgan fingerprint density at radius 1 is 1.12 bits per heavy atom. The van der Waals surface area contributed by atoms with E-state index >= 15 is 0 Å². The van der Waals surface area contributed by atoms with Crippen LogP contribution in [0, 0.1) is 5.92 Å². The molecule has 1 aromatic rings. The molecule has 2 nitrogen and oxygen atoms in total. The van der Waals surface area contributed by atoms with Crippen LogP contribution in [0.4, 0.5) is 0 Å². The number of hydrogen-bond acceptors (Lipinski definition) is 2. The van der Waals surface area contributed by atoms with Crippen LogP contribution in [-0.4, -0.2) is 35.3 Å². The van der Waals surface area contributed by atoms with E-state index in [0.717, 1.165) is 20.3 Å². The molecule has 0 aromatic heterocycles. The third-order valence-electron chi connectivity index (χ3n) is 4.76. The first-order valence-corrected chi connectivity index (χ1v) is 17.7. The molecule has 0 spiro atoms. The van der Waals surface area contributed by atoms with Crippen LogP contribution in [0.2, 0.25) is 4.47 Å². The predicted octanol–water partition coefficient (Wildman–Crippen LogP) is 5.59. The molecule has 3 atom stereocenters. The molecule has 24 heavy (non-hydrogen) atoms. The van der Waals surface area contributed by atoms with Gasteiger partial charge in [0.05, 0.1) is 0 Å². The molecule has 1 aromatic carbocycles. The Balaban J connectivity index is 2.00. The summed E-state index contributed by atoms with van der Waals surface area (Å²) in [4.78, 5) is 0. The zero-order chi connectivity index (χ0) is 17.6. The second-order valence-electron chi connectivity index (χ2n) is 6.64. The summed E-state index contributed by atoms with van der Waals surface area (Å²) in [5.41, 5.74) is 0. The van der Waals surface area contributed by atoms with E-state index in [0.29, 0.717) is 12.0 Å². The number of rotatable bonds is 9. The van der Waals surface area contributed by atoms with Gasteiger partial charge in [-0.15, -0.1) is 0 Å². The summed E-state index contributed by atoms with van der Waals surface area (Å²) in [7, 11) is 15.4. The predicted molar refractivity (Wildman–Crippen MR) is 106 cm³/mol. The van der Waals surface area contributed by atoms with Gasteiger partial charge in [0, 0.05) is 0 Å². The molecule has 1 aliphatic heterocycles. The van der Waals surface area contributed by atoms with Gasteiger partial charge in [-0.25, -0.2) is 0 Å². The van der Waals surface area contributed by atoms with Crippen LogP contribution >= 0.6 is 17.9 Å². The first-order chi connectivity index (χ1) is 11.5. The third-order valence-corrected chi connectivity index (χ3v) is 13.8. The second-order valence-corrected chi connectivity index (χ2v) is 20.3. The van der Waals surface area contributed by atoms with Gasteiger partial charge in [-0.2, -0.15) is 0 Å². The van der Waals surface area contributed by atoms with Gasteiger partial charge >= 0.3 is 159 Å². The fourth-order valence-corrected chi connectivity index (χ4v) is 10.8. The topological polar surface area (TPSA) is 18.5 Å². The van der Waals surface area contributed by atoms with Crippen molar-refractivity contribution in [3.8, 4) is 5.75 Å². The summed E-state index contributed by atoms with van der Waals surface area (Å²) in [6, 6.07) is 7.93.